The Hall–Kier alpha value is -0.840. The summed E-state index contributed by atoms with van der Waals surface area (Å²) >= 11 is 0. The zero-order chi connectivity index (χ0) is 40.9. The molecule has 0 saturated heterocycles. The summed E-state index contributed by atoms with van der Waals surface area (Å²) in [7, 11) is 0.282. The van der Waals surface area contributed by atoms with E-state index in [1.807, 2.05) is 22.3 Å². The van der Waals surface area contributed by atoms with E-state index in [1.54, 1.807) is 17.1 Å². The van der Waals surface area contributed by atoms with Gasteiger partial charge >= 0.3 is 7.60 Å². The molecule has 0 aliphatic heterocycles. The van der Waals surface area contributed by atoms with Crippen molar-refractivity contribution < 1.29 is 18.3 Å². The molecule has 0 fully saturated rings. The average molecular weight is 856 g/mol. The van der Waals surface area contributed by atoms with Gasteiger partial charge in [-0.25, -0.2) is 15.0 Å². The molecule has 9 nitrogen and oxygen atoms in total. The molecule has 0 radical (unpaired) electrons. The van der Waals surface area contributed by atoms with Crippen LogP contribution in [0.25, 0.3) is 11.2 Å². The van der Waals surface area contributed by atoms with E-state index in [0.29, 0.717) is 36.7 Å². The number of nitrogens with two attached hydrogens (primary N) is 1. The zero-order valence-electron chi connectivity index (χ0n) is 37.0. The Balaban J connectivity index is 1.58. The number of anilines is 1. The van der Waals surface area contributed by atoms with Gasteiger partial charge in [0.05, 0.1) is 32.2 Å². The lowest BCUT2D eigenvalue weighted by Gasteiger charge is -2.21. The molecule has 2 aromatic rings. The number of imidazole rings is 1. The van der Waals surface area contributed by atoms with E-state index in [9.17, 15) is 4.57 Å². The third-order valence-corrected chi connectivity index (χ3v) is 14.9. The standard InChI is InChI=1S/C45H86N5O4PS2/c1-4-6-8-10-12-14-16-18-20-21-22-24-26-28-30-32-34-53-55(51,41-52-42(3)38-50-40-49-43-44(46)47-39-48-45(43)50)54-35-37-57-56-36-33-31-29-27-25-23-19-17-15-13-11-9-7-5-2/h39-40,42H,4-38,41H2,1-3H3,(H2,46,47,48)/t42-,55?/m1/s1. The van der Waals surface area contributed by atoms with E-state index < -0.39 is 7.60 Å². The molecule has 2 heterocycles. The maximum atomic E-state index is 13.9. The lowest BCUT2D eigenvalue weighted by atomic mass is 10.0. The molecule has 2 rings (SSSR count). The predicted molar refractivity (Wildman–Crippen MR) is 249 cm³/mol. The minimum Gasteiger partial charge on any atom is -0.382 e. The Kier molecular flexibility index (Phi) is 33.9. The van der Waals surface area contributed by atoms with E-state index in [2.05, 4.69) is 28.8 Å². The summed E-state index contributed by atoms with van der Waals surface area (Å²) in [5.74, 6) is 2.27. The van der Waals surface area contributed by atoms with Crippen molar-refractivity contribution in [1.82, 2.24) is 19.5 Å². The molecule has 0 aliphatic carbocycles. The number of rotatable bonds is 43. The number of nitrogen functional groups attached to an aromatic ring is 1. The first-order valence-electron chi connectivity index (χ1n) is 23.6. The van der Waals surface area contributed by atoms with Gasteiger partial charge in [0, 0.05) is 11.5 Å². The van der Waals surface area contributed by atoms with Gasteiger partial charge in [-0.2, -0.15) is 0 Å². The maximum Gasteiger partial charge on any atom is 0.356 e. The Bertz CT molecular complexity index is 1240. The SMILES string of the molecule is CCCCCCCCCCCCCCCCCCOP(=O)(CO[C@H](C)Cn1cnc2c(N)ncnc21)OCCSSCCCCCCCCCCCCCCCC. The second kappa shape index (κ2) is 37.0. The summed E-state index contributed by atoms with van der Waals surface area (Å²) in [6.07, 6.45) is 43.2. The van der Waals surface area contributed by atoms with Gasteiger partial charge in [-0.05, 0) is 19.8 Å². The minimum absolute atomic E-state index is 0.0758. The summed E-state index contributed by atoms with van der Waals surface area (Å²) in [5.41, 5.74) is 7.19. The van der Waals surface area contributed by atoms with Crippen molar-refractivity contribution >= 4 is 46.2 Å². The molecule has 332 valence electrons. The van der Waals surface area contributed by atoms with Crippen LogP contribution < -0.4 is 5.73 Å². The van der Waals surface area contributed by atoms with Crippen LogP contribution in [0.1, 0.15) is 213 Å². The van der Waals surface area contributed by atoms with Crippen LogP contribution in [0.4, 0.5) is 5.82 Å². The molecule has 57 heavy (non-hydrogen) atoms. The highest BCUT2D eigenvalue weighted by Gasteiger charge is 2.26. The number of hydrogen-bond acceptors (Lipinski definition) is 10. The van der Waals surface area contributed by atoms with Gasteiger partial charge in [-0.3, -0.25) is 4.57 Å². The van der Waals surface area contributed by atoms with Gasteiger partial charge in [-0.15, -0.1) is 0 Å². The van der Waals surface area contributed by atoms with Crippen LogP contribution in [0.5, 0.6) is 0 Å². The topological polar surface area (TPSA) is 114 Å². The number of aromatic nitrogens is 4. The lowest BCUT2D eigenvalue weighted by molar-refractivity contribution is 0.0663. The van der Waals surface area contributed by atoms with Gasteiger partial charge in [0.2, 0.25) is 0 Å². The molecule has 2 atom stereocenters. The van der Waals surface area contributed by atoms with Crippen LogP contribution in [0.15, 0.2) is 12.7 Å². The number of unbranched alkanes of at least 4 members (excludes halogenated alkanes) is 28. The molecule has 2 aromatic heterocycles. The van der Waals surface area contributed by atoms with Crippen molar-refractivity contribution in [3.05, 3.63) is 12.7 Å². The molecule has 0 aromatic carbocycles. The molecule has 2 N–H and O–H groups in total. The fraction of sp³-hybridized carbons (Fsp3) is 0.889. The van der Waals surface area contributed by atoms with Crippen molar-refractivity contribution in [2.45, 2.75) is 226 Å². The van der Waals surface area contributed by atoms with Gasteiger partial charge in [0.25, 0.3) is 0 Å². The number of hydrogen-bond donors (Lipinski definition) is 1. The Labute approximate surface area is 358 Å². The molecule has 0 bridgehead atoms. The number of fused-ring (bicyclic) bond motifs is 1. The van der Waals surface area contributed by atoms with Gasteiger partial charge < -0.3 is 24.1 Å². The smallest absolute Gasteiger partial charge is 0.356 e. The van der Waals surface area contributed by atoms with Crippen molar-refractivity contribution in [2.24, 2.45) is 0 Å². The molecule has 0 spiro atoms. The van der Waals surface area contributed by atoms with Crippen molar-refractivity contribution in [3.63, 3.8) is 0 Å². The first kappa shape index (κ1) is 52.3. The lowest BCUT2D eigenvalue weighted by Crippen LogP contribution is -2.18. The molecule has 1 unspecified atom stereocenters. The summed E-state index contributed by atoms with van der Waals surface area (Å²) in [5, 5.41) is 0. The summed E-state index contributed by atoms with van der Waals surface area (Å²) in [6.45, 7) is 7.81. The summed E-state index contributed by atoms with van der Waals surface area (Å²) < 4.78 is 33.8. The Morgan fingerprint density at radius 3 is 1.54 bits per heavy atom. The van der Waals surface area contributed by atoms with Crippen LogP contribution in [0, 0.1) is 0 Å². The summed E-state index contributed by atoms with van der Waals surface area (Å²) in [4.78, 5) is 12.7. The predicted octanol–water partition coefficient (Wildman–Crippen LogP) is 15.1. The fourth-order valence-electron chi connectivity index (χ4n) is 7.23. The van der Waals surface area contributed by atoms with E-state index in [1.165, 1.54) is 186 Å². The molecule has 0 amide bonds. The van der Waals surface area contributed by atoms with Crippen LogP contribution in [0.2, 0.25) is 0 Å². The number of nitrogens with zero attached hydrogens (tertiary/aromatic N) is 4. The second-order valence-electron chi connectivity index (χ2n) is 16.3. The third kappa shape index (κ3) is 28.3. The van der Waals surface area contributed by atoms with Crippen LogP contribution in [0.3, 0.4) is 0 Å². The third-order valence-electron chi connectivity index (χ3n) is 10.8. The first-order valence-corrected chi connectivity index (χ1v) is 27.9. The zero-order valence-corrected chi connectivity index (χ0v) is 39.5. The molecular weight excluding hydrogens is 770 g/mol. The molecule has 0 aliphatic rings. The Morgan fingerprint density at radius 2 is 1.04 bits per heavy atom. The highest BCUT2D eigenvalue weighted by Crippen LogP contribution is 2.49. The van der Waals surface area contributed by atoms with E-state index in [0.717, 1.165) is 24.3 Å². The van der Waals surface area contributed by atoms with Crippen molar-refractivity contribution in [2.75, 3.05) is 36.8 Å². The van der Waals surface area contributed by atoms with Crippen molar-refractivity contribution in [3.8, 4) is 0 Å². The van der Waals surface area contributed by atoms with Gasteiger partial charge in [-0.1, -0.05) is 215 Å². The molecular formula is C45H86N5O4PS2. The highest BCUT2D eigenvalue weighted by atomic mass is 33.1. The normalized spacial score (nSPS) is 13.5. The van der Waals surface area contributed by atoms with E-state index in [-0.39, 0.29) is 12.5 Å². The minimum atomic E-state index is -3.42. The van der Waals surface area contributed by atoms with Crippen LogP contribution in [-0.4, -0.2) is 56.7 Å². The maximum absolute atomic E-state index is 13.9. The fourth-order valence-corrected chi connectivity index (χ4v) is 10.8. The molecule has 12 heteroatoms. The second-order valence-corrected chi connectivity index (χ2v) is 21.0. The quantitative estimate of drug-likeness (QED) is 0.0393. The summed E-state index contributed by atoms with van der Waals surface area (Å²) in [6, 6.07) is 0. The van der Waals surface area contributed by atoms with Gasteiger partial charge in [0.15, 0.2) is 11.5 Å². The van der Waals surface area contributed by atoms with Crippen molar-refractivity contribution in [1.29, 1.82) is 0 Å². The highest BCUT2D eigenvalue weighted by molar-refractivity contribution is 8.76. The van der Waals surface area contributed by atoms with E-state index in [4.69, 9.17) is 19.5 Å². The van der Waals surface area contributed by atoms with Crippen LogP contribution >= 0.6 is 29.2 Å². The first-order chi connectivity index (χ1) is 28.0. The monoisotopic (exact) mass is 856 g/mol. The van der Waals surface area contributed by atoms with Crippen LogP contribution in [-0.2, 0) is 24.9 Å². The number of ether oxygens (including phenoxy) is 1. The van der Waals surface area contributed by atoms with Gasteiger partial charge in [0.1, 0.15) is 18.2 Å². The molecule has 0 saturated carbocycles. The largest absolute Gasteiger partial charge is 0.382 e. The van der Waals surface area contributed by atoms with E-state index >= 15 is 0 Å². The Morgan fingerprint density at radius 1 is 0.596 bits per heavy atom. The average Bonchev–Trinajstić information content (AvgIpc) is 3.62.